The molecule has 1 aliphatic rings. The van der Waals surface area contributed by atoms with E-state index in [1.54, 1.807) is 18.2 Å². The predicted molar refractivity (Wildman–Crippen MR) is 176 cm³/mol. The average molecular weight is 643 g/mol. The third kappa shape index (κ3) is 7.32. The van der Waals surface area contributed by atoms with Crippen LogP contribution >= 0.6 is 11.8 Å². The van der Waals surface area contributed by atoms with Crippen molar-refractivity contribution in [3.05, 3.63) is 95.2 Å². The zero-order valence-electron chi connectivity index (χ0n) is 26.7. The van der Waals surface area contributed by atoms with Crippen LogP contribution in [0.25, 0.3) is 11.0 Å². The Morgan fingerprint density at radius 3 is 2.65 bits per heavy atom. The molecule has 0 saturated carbocycles. The van der Waals surface area contributed by atoms with E-state index in [0.717, 1.165) is 60.1 Å². The van der Waals surface area contributed by atoms with Crippen molar-refractivity contribution in [1.82, 2.24) is 33.8 Å². The van der Waals surface area contributed by atoms with E-state index in [-0.39, 0.29) is 17.8 Å². The number of thioether (sulfide) groups is 1. The lowest BCUT2D eigenvalue weighted by molar-refractivity contribution is 0.0601. The average Bonchev–Trinajstić information content (AvgIpc) is 3.84. The number of nitrogens with zero attached hydrogens (tertiary/aromatic N) is 8. The third-order valence-electron chi connectivity index (χ3n) is 8.15. The number of halogens is 1. The van der Waals surface area contributed by atoms with Gasteiger partial charge in [0.1, 0.15) is 16.7 Å². The number of likely N-dealkylation sites (tertiary alicyclic amines) is 1. The number of piperidine rings is 1. The summed E-state index contributed by atoms with van der Waals surface area (Å²) >= 11 is 1.49. The number of imidazole rings is 2. The smallest absolute Gasteiger partial charge is 0.337 e. The van der Waals surface area contributed by atoms with Crippen molar-refractivity contribution in [1.29, 1.82) is 5.26 Å². The molecule has 0 aliphatic carbocycles. The molecule has 1 saturated heterocycles. The Bertz CT molecular complexity index is 1830. The summed E-state index contributed by atoms with van der Waals surface area (Å²) in [6.45, 7) is 9.98. The highest BCUT2D eigenvalue weighted by Gasteiger charge is 2.24. The number of rotatable bonds is 10. The summed E-state index contributed by atoms with van der Waals surface area (Å²) < 4.78 is 25.6. The highest BCUT2D eigenvalue weighted by molar-refractivity contribution is 7.98. The first-order valence-corrected chi connectivity index (χ1v) is 16.6. The minimum Gasteiger partial charge on any atom is -0.465 e. The molecular formula is C34H39FN8O2S. The molecule has 0 N–H and O–H groups in total. The van der Waals surface area contributed by atoms with Crippen molar-refractivity contribution in [2.75, 3.05) is 20.2 Å². The largest absolute Gasteiger partial charge is 0.465 e. The highest BCUT2D eigenvalue weighted by atomic mass is 32.2. The molecule has 46 heavy (non-hydrogen) atoms. The summed E-state index contributed by atoms with van der Waals surface area (Å²) in [7, 11) is 1.39. The van der Waals surface area contributed by atoms with E-state index in [1.165, 1.54) is 24.9 Å². The SMILES string of the molecule is CC.CCn1cncc1Cn1c(CN2CCC(n3ccc(SCc4ccc(C#N)cc4F)n3)CC2)nc2ccc(C(=O)OC)cc21. The molecule has 3 aromatic heterocycles. The number of esters is 1. The van der Waals surface area contributed by atoms with Crippen molar-refractivity contribution in [3.8, 4) is 6.07 Å². The fourth-order valence-corrected chi connectivity index (χ4v) is 6.52. The fourth-order valence-electron chi connectivity index (χ4n) is 5.67. The van der Waals surface area contributed by atoms with Gasteiger partial charge in [-0.1, -0.05) is 31.7 Å². The van der Waals surface area contributed by atoms with E-state index >= 15 is 0 Å². The lowest BCUT2D eigenvalue weighted by atomic mass is 10.1. The van der Waals surface area contributed by atoms with Gasteiger partial charge >= 0.3 is 5.97 Å². The van der Waals surface area contributed by atoms with Crippen LogP contribution in [0.3, 0.4) is 0 Å². The summed E-state index contributed by atoms with van der Waals surface area (Å²) in [5.41, 5.74) is 4.18. The number of aryl methyl sites for hydroxylation is 1. The second-order valence-corrected chi connectivity index (χ2v) is 11.8. The first kappa shape index (κ1) is 32.9. The number of carbonyl (C=O) groups excluding carboxylic acids is 1. The zero-order chi connectivity index (χ0) is 32.6. The Morgan fingerprint density at radius 2 is 1.93 bits per heavy atom. The molecule has 2 aromatic carbocycles. The first-order valence-electron chi connectivity index (χ1n) is 15.6. The Balaban J connectivity index is 0.00000204. The molecule has 0 unspecified atom stereocenters. The normalized spacial score (nSPS) is 13.7. The van der Waals surface area contributed by atoms with Gasteiger partial charge < -0.3 is 13.9 Å². The van der Waals surface area contributed by atoms with Gasteiger partial charge in [0.2, 0.25) is 0 Å². The topological polar surface area (TPSA) is 107 Å². The van der Waals surface area contributed by atoms with Gasteiger partial charge in [0, 0.05) is 37.8 Å². The molecule has 10 nitrogen and oxygen atoms in total. The molecule has 0 bridgehead atoms. The highest BCUT2D eigenvalue weighted by Crippen LogP contribution is 2.28. The molecule has 5 aromatic rings. The van der Waals surface area contributed by atoms with Crippen molar-refractivity contribution in [3.63, 3.8) is 0 Å². The van der Waals surface area contributed by atoms with Crippen LogP contribution in [-0.2, 0) is 30.1 Å². The van der Waals surface area contributed by atoms with Crippen LogP contribution in [0.5, 0.6) is 0 Å². The van der Waals surface area contributed by atoms with E-state index < -0.39 is 0 Å². The minimum atomic E-state index is -0.372. The standard InChI is InChI=1S/C32H33FN8O2S.C2H6/c1-3-39-21-35-17-26(39)18-40-29-15-23(32(42)43-2)6-7-28(29)36-30(40)19-38-11-8-25(9-12-38)41-13-10-31(37-41)44-20-24-5-4-22(16-34)14-27(24)33;1-2/h4-7,10,13-15,17,21,25H,3,8-9,11-12,18-20H2,1-2H3;1-2H3. The number of aromatic nitrogens is 6. The summed E-state index contributed by atoms with van der Waals surface area (Å²) in [5, 5.41) is 14.6. The van der Waals surface area contributed by atoms with E-state index in [0.29, 0.717) is 35.5 Å². The molecule has 1 aliphatic heterocycles. The number of benzene rings is 2. The Kier molecular flexibility index (Phi) is 10.9. The second-order valence-electron chi connectivity index (χ2n) is 10.8. The molecule has 1 fully saturated rings. The zero-order valence-corrected chi connectivity index (χ0v) is 27.5. The molecule has 0 amide bonds. The van der Waals surface area contributed by atoms with Crippen LogP contribution in [0.1, 0.15) is 72.7 Å². The number of carbonyl (C=O) groups is 1. The summed E-state index contributed by atoms with van der Waals surface area (Å²) in [6.07, 6.45) is 7.62. The number of methoxy groups -OCH3 is 1. The maximum absolute atomic E-state index is 14.3. The monoisotopic (exact) mass is 642 g/mol. The molecule has 0 spiro atoms. The number of fused-ring (bicyclic) bond motifs is 1. The van der Waals surface area contributed by atoms with Gasteiger partial charge in [-0.3, -0.25) is 9.58 Å². The van der Waals surface area contributed by atoms with Crippen LogP contribution in [0.15, 0.2) is 66.2 Å². The molecule has 0 radical (unpaired) electrons. The van der Waals surface area contributed by atoms with Crippen molar-refractivity contribution in [2.24, 2.45) is 0 Å². The Morgan fingerprint density at radius 1 is 1.13 bits per heavy atom. The quantitative estimate of drug-likeness (QED) is 0.126. The molecule has 0 atom stereocenters. The van der Waals surface area contributed by atoms with Gasteiger partial charge in [-0.2, -0.15) is 10.4 Å². The Hall–Kier alpha value is -4.47. The number of hydrogen-bond donors (Lipinski definition) is 0. The number of nitriles is 1. The molecule has 4 heterocycles. The van der Waals surface area contributed by atoms with Crippen molar-refractivity contribution < 1.29 is 13.9 Å². The van der Waals surface area contributed by atoms with Gasteiger partial charge in [-0.25, -0.2) is 19.2 Å². The number of hydrogen-bond acceptors (Lipinski definition) is 8. The van der Waals surface area contributed by atoms with Gasteiger partial charge in [0.05, 0.1) is 66.5 Å². The summed E-state index contributed by atoms with van der Waals surface area (Å²) in [5.74, 6) is 0.658. The van der Waals surface area contributed by atoms with E-state index in [9.17, 15) is 9.18 Å². The molecule has 12 heteroatoms. The van der Waals surface area contributed by atoms with E-state index in [2.05, 4.69) is 25.9 Å². The molecule has 240 valence electrons. The van der Waals surface area contributed by atoms with Gasteiger partial charge in [-0.15, -0.1) is 0 Å². The fraction of sp³-hybridized carbons (Fsp3) is 0.382. The van der Waals surface area contributed by atoms with Crippen LogP contribution in [-0.4, -0.2) is 60.0 Å². The van der Waals surface area contributed by atoms with Gasteiger partial charge in [0.15, 0.2) is 0 Å². The van der Waals surface area contributed by atoms with E-state index in [4.69, 9.17) is 20.1 Å². The third-order valence-corrected chi connectivity index (χ3v) is 9.11. The van der Waals surface area contributed by atoms with Crippen LogP contribution in [0.2, 0.25) is 0 Å². The van der Waals surface area contributed by atoms with Crippen LogP contribution in [0.4, 0.5) is 4.39 Å². The van der Waals surface area contributed by atoms with Crippen LogP contribution in [0, 0.1) is 17.1 Å². The molecular weight excluding hydrogens is 603 g/mol. The van der Waals surface area contributed by atoms with Crippen molar-refractivity contribution in [2.45, 2.75) is 70.1 Å². The predicted octanol–water partition coefficient (Wildman–Crippen LogP) is 6.45. The summed E-state index contributed by atoms with van der Waals surface area (Å²) in [4.78, 5) is 24.0. The lowest BCUT2D eigenvalue weighted by Gasteiger charge is -2.31. The number of ether oxygens (including phenoxy) is 1. The van der Waals surface area contributed by atoms with Crippen molar-refractivity contribution >= 4 is 28.8 Å². The van der Waals surface area contributed by atoms with E-state index in [1.807, 2.05) is 61.5 Å². The maximum atomic E-state index is 14.3. The van der Waals surface area contributed by atoms with Gasteiger partial charge in [0.25, 0.3) is 0 Å². The minimum absolute atomic E-state index is 0.285. The first-order chi connectivity index (χ1) is 22.4. The maximum Gasteiger partial charge on any atom is 0.337 e. The molecule has 6 rings (SSSR count). The summed E-state index contributed by atoms with van der Waals surface area (Å²) in [6, 6.07) is 14.3. The second kappa shape index (κ2) is 15.2. The van der Waals surface area contributed by atoms with Gasteiger partial charge in [-0.05, 0) is 61.7 Å². The lowest BCUT2D eigenvalue weighted by Crippen LogP contribution is -2.35. The Labute approximate surface area is 272 Å². The van der Waals surface area contributed by atoms with Crippen LogP contribution < -0.4 is 0 Å².